The van der Waals surface area contributed by atoms with Gasteiger partial charge in [0.2, 0.25) is 0 Å². The maximum absolute atomic E-state index is 5.30. The van der Waals surface area contributed by atoms with E-state index in [4.69, 9.17) is 46.4 Å². The fourth-order valence-corrected chi connectivity index (χ4v) is 21.4. The molecule has 0 aliphatic heterocycles. The highest BCUT2D eigenvalue weighted by atomic mass is 14.6. The molecule has 11 aliphatic rings. The lowest BCUT2D eigenvalue weighted by Crippen LogP contribution is -2.62. The van der Waals surface area contributed by atoms with Crippen molar-refractivity contribution in [3.8, 4) is 0 Å². The highest BCUT2D eigenvalue weighted by molar-refractivity contribution is 8.00. The molecule has 2 atom stereocenters. The van der Waals surface area contributed by atoms with E-state index >= 15 is 0 Å². The average Bonchev–Trinajstić information content (AvgIpc) is 0.742. The Kier molecular flexibility index (Phi) is 33.0. The first-order valence-corrected chi connectivity index (χ1v) is 43.2. The van der Waals surface area contributed by atoms with E-state index in [1.807, 2.05) is 0 Å². The molecule has 0 saturated heterocycles. The highest BCUT2D eigenvalue weighted by Gasteiger charge is 2.56. The fraction of sp³-hybridized carbons (Fsp3) is 0.747. The summed E-state index contributed by atoms with van der Waals surface area (Å²) in [6.45, 7) is 58.7. The van der Waals surface area contributed by atoms with Crippen LogP contribution < -0.4 is 0 Å². The quantitative estimate of drug-likeness (QED) is 0.0775. The summed E-state index contributed by atoms with van der Waals surface area (Å²) in [6, 6.07) is 39.8. The van der Waals surface area contributed by atoms with Crippen molar-refractivity contribution in [1.82, 2.24) is 0 Å². The summed E-state index contributed by atoms with van der Waals surface area (Å²) in [6.07, 6.45) is 36.8. The van der Waals surface area contributed by atoms with Crippen LogP contribution in [0.3, 0.4) is 0 Å². The van der Waals surface area contributed by atoms with Gasteiger partial charge in [0.05, 0.1) is 0 Å². The summed E-state index contributed by atoms with van der Waals surface area (Å²) in [5, 5.41) is 0. The zero-order valence-corrected chi connectivity index (χ0v) is 73.2. The minimum absolute atomic E-state index is 0. The van der Waals surface area contributed by atoms with Gasteiger partial charge in [0.25, 0.3) is 0 Å². The molecule has 15 rings (SSSR count). The normalized spacial score (nSPS) is 26.9. The van der Waals surface area contributed by atoms with Gasteiger partial charge in [0.15, 0.2) is 0 Å². The lowest BCUT2D eigenvalue weighted by Gasteiger charge is -2.62. The Morgan fingerprint density at radius 1 is 0.429 bits per heavy atom. The van der Waals surface area contributed by atoms with Gasteiger partial charge >= 0.3 is 0 Å². The second-order valence-electron chi connectivity index (χ2n) is 44.2. The molecule has 11 fully saturated rings. The molecule has 11 aliphatic carbocycles. The van der Waals surface area contributed by atoms with E-state index < -0.39 is 25.5 Å². The van der Waals surface area contributed by atoms with E-state index in [-0.39, 0.29) is 12.3 Å². The van der Waals surface area contributed by atoms with Gasteiger partial charge in [-0.1, -0.05) is 300 Å². The summed E-state index contributed by atoms with van der Waals surface area (Å²) in [7, 11) is 31.8. The maximum atomic E-state index is 5.30. The van der Waals surface area contributed by atoms with Gasteiger partial charge in [0.1, 0.15) is 0 Å². The molecule has 4 aromatic carbocycles. The third kappa shape index (κ3) is 26.3. The zero-order chi connectivity index (χ0) is 78.6. The number of hydrogen-bond acceptors (Lipinski definition) is 0. The molecule has 105 heavy (non-hydrogen) atoms. The molecule has 0 spiro atoms. The molecule has 0 N–H and O–H groups in total. The van der Waals surface area contributed by atoms with Gasteiger partial charge in [0, 0.05) is 73.4 Å². The van der Waals surface area contributed by atoms with Crippen LogP contribution in [0.1, 0.15) is 361 Å². The van der Waals surface area contributed by atoms with Crippen molar-refractivity contribution in [2.24, 2.45) is 96.1 Å². The Balaban J connectivity index is 0.000000226. The molecule has 566 valence electrons. The number of aryl methyl sites for hydroxylation is 1. The Morgan fingerprint density at radius 3 is 1.18 bits per heavy atom. The van der Waals surface area contributed by atoms with Crippen molar-refractivity contribution in [2.75, 3.05) is 0 Å². The van der Waals surface area contributed by atoms with Gasteiger partial charge in [-0.15, -0.1) is 0 Å². The Hall–Kier alpha value is -2.47. The van der Waals surface area contributed by atoms with E-state index in [1.165, 1.54) is 123 Å². The van der Waals surface area contributed by atoms with Crippen LogP contribution >= 0.6 is 0 Å². The fourth-order valence-electron chi connectivity index (χ4n) is 21.4. The molecule has 10 heteroatoms. The average molecular weight is 1410 g/mol. The van der Waals surface area contributed by atoms with Crippen LogP contribution in [-0.2, 0) is 23.7 Å². The molecule has 10 bridgehead atoms. The van der Waals surface area contributed by atoms with Crippen molar-refractivity contribution in [1.29, 1.82) is 0 Å². The van der Waals surface area contributed by atoms with Crippen molar-refractivity contribution in [2.45, 2.75) is 357 Å². The van der Waals surface area contributed by atoms with Gasteiger partial charge in [-0.25, -0.2) is 0 Å². The molecule has 4 aromatic rings. The Bertz CT molecular complexity index is 3030. The second kappa shape index (κ2) is 37.9. The lowest BCUT2D eigenvalue weighted by molar-refractivity contribution is -0.113. The van der Waals surface area contributed by atoms with Crippen molar-refractivity contribution < 1.29 is 1.43 Å². The third-order valence-corrected chi connectivity index (χ3v) is 29.7. The second-order valence-corrected chi connectivity index (χ2v) is 44.2. The minimum Gasteiger partial charge on any atom is -0.0654 e. The van der Waals surface area contributed by atoms with Gasteiger partial charge in [-0.2, -0.15) is 0 Å². The first-order chi connectivity index (χ1) is 48.5. The standard InChI is InChI=1S/C24H36.C17H32.C16H26.C14H24.C13H20.C11H16.B10.H2/c1-23(2,3)22(14-18-7-5-4-6-8-18)9-10-24-15-19-11-20(16-24)13-21(12-19)17-24;1-5-6-7-8-16-9-12-17(13-10-16,14-11-16)15(2,3)4;1-12(2)11-14-7-9-15(10-8-14)13(3)16(4,5)6;1-13(2,3)14-7-10-4-11(8-14)6-12(5-10)9-14;1-12(2,3)13(4,5)11-9-7-6-8-10-11;1-9-6-5-7-10(8-9)11(2,3)4;1-7(2)10(8(3)4)9(5)6;/h4-8,19-22H,9-17H2,1-3H3;5-14H2,1-4H3;7-10,12-13H,11H2,1-6H3;10-12H,4-9H2,1-3H3;6-10H,1-5H3;5-8H,1-4H3;;1H/t19?,20?,21?,22-,24?;;13-;;;;;/m0.0...../s1. The van der Waals surface area contributed by atoms with Crippen LogP contribution in [0.4, 0.5) is 0 Å². The monoisotopic (exact) mass is 1410 g/mol. The molecule has 0 heterocycles. The predicted molar refractivity (Wildman–Crippen MR) is 480 cm³/mol. The first kappa shape index (κ1) is 91.4. The van der Waals surface area contributed by atoms with Crippen LogP contribution in [0.25, 0.3) is 0 Å². The first-order valence-electron chi connectivity index (χ1n) is 43.2. The van der Waals surface area contributed by atoms with E-state index in [1.54, 1.807) is 77.0 Å². The van der Waals surface area contributed by atoms with E-state index in [9.17, 15) is 0 Å². The van der Waals surface area contributed by atoms with Crippen LogP contribution in [0.15, 0.2) is 109 Å². The van der Waals surface area contributed by atoms with Crippen LogP contribution in [-0.4, -0.2) is 72.0 Å². The molecule has 11 saturated carbocycles. The van der Waals surface area contributed by atoms with E-state index in [0.29, 0.717) is 38.4 Å². The summed E-state index contributed by atoms with van der Waals surface area (Å²) in [5.41, 5.74) is 14.2. The number of unbranched alkanes of at least 4 members (excludes halogenated alkanes) is 2. The summed E-state index contributed by atoms with van der Waals surface area (Å²) >= 11 is 0. The summed E-state index contributed by atoms with van der Waals surface area (Å²) in [5.74, 6) is 8.79. The molecule has 0 amide bonds. The number of benzene rings is 4. The van der Waals surface area contributed by atoms with Crippen molar-refractivity contribution >= 4 is 72.0 Å². The number of fused-ring (bicyclic) bond motifs is 3. The largest absolute Gasteiger partial charge is 0.0654 e. The Labute approximate surface area is 664 Å². The molecule has 0 nitrogen and oxygen atoms in total. The number of hydrogen-bond donors (Lipinski definition) is 0. The zero-order valence-electron chi connectivity index (χ0n) is 73.2. The number of rotatable bonds is 16. The molecule has 0 aromatic heterocycles. The van der Waals surface area contributed by atoms with Gasteiger partial charge in [-0.3, -0.25) is 0 Å². The molecular formula is C95H156B10. The lowest BCUT2D eigenvalue weighted by atomic mass is 8.58. The van der Waals surface area contributed by atoms with E-state index in [2.05, 4.69) is 282 Å². The minimum atomic E-state index is -0.667. The van der Waals surface area contributed by atoms with Crippen LogP contribution in [0.5, 0.6) is 0 Å². The van der Waals surface area contributed by atoms with Crippen molar-refractivity contribution in [3.05, 3.63) is 143 Å². The van der Waals surface area contributed by atoms with Gasteiger partial charge < -0.3 is 0 Å². The van der Waals surface area contributed by atoms with E-state index in [0.717, 1.165) is 63.6 Å². The van der Waals surface area contributed by atoms with Crippen LogP contribution in [0.2, 0.25) is 0 Å². The predicted octanol–water partition coefficient (Wildman–Crippen LogP) is 25.9. The molecule has 0 unspecified atom stereocenters. The SMILES string of the molecule is CC(C)(C)C(C)(C)c1ccccc1.CC(C)(C)C12CC3CC(CC(C3)C1)C2.CC(C)(C)[C@@H](CCC12CC3CC(CC(C3)C1)C2)Cc1ccccc1.CC(C)Cc1ccc([C@H](C)C(C)(C)C)cc1.CCCCCC12CCC(C(C)(C)C)(CC1)CC2.Cc1cccc(C(C)(C)C)c1.[B]B([B])B(B([B])[B])B([B])[B].[HH]. The topological polar surface area (TPSA) is 0 Å². The maximum Gasteiger partial charge on any atom is 0 e. The highest BCUT2D eigenvalue weighted by Crippen LogP contribution is 2.67. The summed E-state index contributed by atoms with van der Waals surface area (Å²) in [4.78, 5) is 0. The van der Waals surface area contributed by atoms with Gasteiger partial charge in [-0.05, 0) is 295 Å². The molecule has 12 radical (unpaired) electrons. The van der Waals surface area contributed by atoms with Crippen LogP contribution in [0, 0.1) is 103 Å². The summed E-state index contributed by atoms with van der Waals surface area (Å²) < 4.78 is 0. The Morgan fingerprint density at radius 2 is 0.838 bits per heavy atom. The third-order valence-electron chi connectivity index (χ3n) is 29.7. The van der Waals surface area contributed by atoms with Crippen molar-refractivity contribution in [3.63, 3.8) is 0 Å². The molecular weight excluding hydrogens is 1250 g/mol. The smallest absolute Gasteiger partial charge is 0 e.